The number of hydrogen-bond donors (Lipinski definition) is 1. The molecule has 0 amide bonds. The molecule has 1 atom stereocenters. The van der Waals surface area contributed by atoms with Gasteiger partial charge in [0.2, 0.25) is 0 Å². The molecule has 3 aromatic rings. The van der Waals surface area contributed by atoms with Gasteiger partial charge in [-0.25, -0.2) is 4.98 Å². The number of aromatic nitrogens is 2. The van der Waals surface area contributed by atoms with Crippen LogP contribution in [0.5, 0.6) is 5.75 Å². The van der Waals surface area contributed by atoms with Crippen LogP contribution in [0.3, 0.4) is 0 Å². The SMILES string of the molecule is COc1ccc(-c2cn3c(n2)CO[C@@H](CNCc2cccc(C#N)c2)C3)cc1. The van der Waals surface area contributed by atoms with Gasteiger partial charge in [0.1, 0.15) is 18.2 Å². The van der Waals surface area contributed by atoms with E-state index < -0.39 is 0 Å². The number of imidazole rings is 1. The highest BCUT2D eigenvalue weighted by atomic mass is 16.5. The fourth-order valence-corrected chi connectivity index (χ4v) is 3.34. The van der Waals surface area contributed by atoms with Crippen LogP contribution in [0.1, 0.15) is 17.0 Å². The second-order valence-corrected chi connectivity index (χ2v) is 6.80. The number of nitriles is 1. The van der Waals surface area contributed by atoms with Crippen LogP contribution < -0.4 is 10.1 Å². The van der Waals surface area contributed by atoms with Gasteiger partial charge in [-0.1, -0.05) is 12.1 Å². The van der Waals surface area contributed by atoms with Gasteiger partial charge in [-0.15, -0.1) is 0 Å². The molecule has 1 N–H and O–H groups in total. The summed E-state index contributed by atoms with van der Waals surface area (Å²) in [6.45, 7) is 2.73. The summed E-state index contributed by atoms with van der Waals surface area (Å²) < 4.78 is 13.3. The topological polar surface area (TPSA) is 72.1 Å². The first kappa shape index (κ1) is 18.2. The van der Waals surface area contributed by atoms with Gasteiger partial charge >= 0.3 is 0 Å². The Hall–Kier alpha value is -3.14. The number of fused-ring (bicyclic) bond motifs is 1. The summed E-state index contributed by atoms with van der Waals surface area (Å²) >= 11 is 0. The molecule has 1 aliphatic heterocycles. The van der Waals surface area contributed by atoms with E-state index >= 15 is 0 Å². The predicted molar refractivity (Wildman–Crippen MR) is 106 cm³/mol. The molecule has 0 fully saturated rings. The molecule has 0 aliphatic carbocycles. The number of nitrogens with one attached hydrogen (secondary N) is 1. The van der Waals surface area contributed by atoms with E-state index in [1.165, 1.54) is 0 Å². The Morgan fingerprint density at radius 1 is 1.29 bits per heavy atom. The Balaban J connectivity index is 1.35. The molecule has 0 saturated carbocycles. The van der Waals surface area contributed by atoms with Crippen molar-refractivity contribution in [3.05, 3.63) is 71.7 Å². The largest absolute Gasteiger partial charge is 0.497 e. The van der Waals surface area contributed by atoms with E-state index in [2.05, 4.69) is 22.1 Å². The quantitative estimate of drug-likeness (QED) is 0.718. The maximum absolute atomic E-state index is 8.99. The lowest BCUT2D eigenvalue weighted by atomic mass is 10.1. The van der Waals surface area contributed by atoms with Crippen molar-refractivity contribution in [2.45, 2.75) is 25.8 Å². The maximum atomic E-state index is 8.99. The molecule has 0 spiro atoms. The van der Waals surface area contributed by atoms with Gasteiger partial charge in [0.15, 0.2) is 0 Å². The number of rotatable bonds is 6. The molecule has 2 heterocycles. The third-order valence-corrected chi connectivity index (χ3v) is 4.85. The van der Waals surface area contributed by atoms with Gasteiger partial charge in [0.05, 0.1) is 37.1 Å². The highest BCUT2D eigenvalue weighted by Gasteiger charge is 2.21. The van der Waals surface area contributed by atoms with E-state index in [9.17, 15) is 0 Å². The van der Waals surface area contributed by atoms with Crippen LogP contribution in [-0.4, -0.2) is 29.3 Å². The van der Waals surface area contributed by atoms with Crippen molar-refractivity contribution in [3.63, 3.8) is 0 Å². The van der Waals surface area contributed by atoms with Crippen LogP contribution in [0, 0.1) is 11.3 Å². The van der Waals surface area contributed by atoms with E-state index in [0.717, 1.165) is 41.5 Å². The van der Waals surface area contributed by atoms with Crippen LogP contribution in [0.25, 0.3) is 11.3 Å². The molecule has 4 rings (SSSR count). The van der Waals surface area contributed by atoms with Crippen LogP contribution in [-0.2, 0) is 24.4 Å². The van der Waals surface area contributed by atoms with Crippen LogP contribution >= 0.6 is 0 Å². The zero-order valence-electron chi connectivity index (χ0n) is 15.8. The molecule has 0 radical (unpaired) electrons. The van der Waals surface area contributed by atoms with Gasteiger partial charge < -0.3 is 19.4 Å². The molecule has 0 bridgehead atoms. The van der Waals surface area contributed by atoms with Gasteiger partial charge in [-0.05, 0) is 42.0 Å². The standard InChI is InChI=1S/C22H22N4O2/c1-27-19-7-5-18(6-8-19)21-14-26-13-20(28-15-22(26)25-21)12-24-11-17-4-2-3-16(9-17)10-23/h2-9,14,20,24H,11-13,15H2,1H3/t20-/m0/s1. The van der Waals surface area contributed by atoms with E-state index in [4.69, 9.17) is 19.7 Å². The zero-order chi connectivity index (χ0) is 19.3. The van der Waals surface area contributed by atoms with Crippen molar-refractivity contribution in [3.8, 4) is 23.1 Å². The number of methoxy groups -OCH3 is 1. The lowest BCUT2D eigenvalue weighted by molar-refractivity contribution is 0.00278. The normalized spacial score (nSPS) is 15.6. The fraction of sp³-hybridized carbons (Fsp3) is 0.273. The maximum Gasteiger partial charge on any atom is 0.135 e. The molecule has 6 heteroatoms. The summed E-state index contributed by atoms with van der Waals surface area (Å²) in [5, 5.41) is 12.4. The lowest BCUT2D eigenvalue weighted by Crippen LogP contribution is -2.35. The smallest absolute Gasteiger partial charge is 0.135 e. The van der Waals surface area contributed by atoms with E-state index in [-0.39, 0.29) is 6.10 Å². The average molecular weight is 374 g/mol. The summed E-state index contributed by atoms with van der Waals surface area (Å²) in [7, 11) is 1.66. The highest BCUT2D eigenvalue weighted by molar-refractivity contribution is 5.59. The number of hydrogen-bond acceptors (Lipinski definition) is 5. The molecule has 2 aromatic carbocycles. The van der Waals surface area contributed by atoms with Crippen LogP contribution in [0.2, 0.25) is 0 Å². The average Bonchev–Trinajstić information content (AvgIpc) is 3.17. The van der Waals surface area contributed by atoms with Gasteiger partial charge in [0.25, 0.3) is 0 Å². The Morgan fingerprint density at radius 3 is 2.93 bits per heavy atom. The fourth-order valence-electron chi connectivity index (χ4n) is 3.34. The zero-order valence-corrected chi connectivity index (χ0v) is 15.8. The molecule has 1 aromatic heterocycles. The first-order chi connectivity index (χ1) is 13.7. The molecular weight excluding hydrogens is 352 g/mol. The number of benzene rings is 2. The molecule has 0 saturated heterocycles. The Kier molecular flexibility index (Phi) is 5.38. The lowest BCUT2D eigenvalue weighted by Gasteiger charge is -2.24. The van der Waals surface area contributed by atoms with Crippen LogP contribution in [0.4, 0.5) is 0 Å². The Labute approximate surface area is 164 Å². The summed E-state index contributed by atoms with van der Waals surface area (Å²) in [6.07, 6.45) is 2.17. The van der Waals surface area contributed by atoms with Crippen molar-refractivity contribution in [1.82, 2.24) is 14.9 Å². The molecule has 28 heavy (non-hydrogen) atoms. The third kappa shape index (κ3) is 4.06. The van der Waals surface area contributed by atoms with E-state index in [1.807, 2.05) is 48.5 Å². The molecule has 1 aliphatic rings. The van der Waals surface area contributed by atoms with Gasteiger partial charge in [-0.3, -0.25) is 0 Å². The second-order valence-electron chi connectivity index (χ2n) is 6.80. The minimum absolute atomic E-state index is 0.0876. The first-order valence-electron chi connectivity index (χ1n) is 9.27. The van der Waals surface area contributed by atoms with Gasteiger partial charge in [0, 0.05) is 24.8 Å². The van der Waals surface area contributed by atoms with E-state index in [1.54, 1.807) is 7.11 Å². The number of ether oxygens (including phenoxy) is 2. The van der Waals surface area contributed by atoms with Crippen LogP contribution in [0.15, 0.2) is 54.7 Å². The monoisotopic (exact) mass is 374 g/mol. The Morgan fingerprint density at radius 2 is 2.14 bits per heavy atom. The first-order valence-corrected chi connectivity index (χ1v) is 9.27. The Bertz CT molecular complexity index is 989. The van der Waals surface area contributed by atoms with Crippen molar-refractivity contribution in [1.29, 1.82) is 5.26 Å². The predicted octanol–water partition coefficient (Wildman–Crippen LogP) is 3.12. The highest BCUT2D eigenvalue weighted by Crippen LogP contribution is 2.24. The second kappa shape index (κ2) is 8.26. The summed E-state index contributed by atoms with van der Waals surface area (Å²) in [6, 6.07) is 17.7. The van der Waals surface area contributed by atoms with Crippen molar-refractivity contribution < 1.29 is 9.47 Å². The molecule has 6 nitrogen and oxygen atoms in total. The van der Waals surface area contributed by atoms with E-state index in [0.29, 0.717) is 18.7 Å². The minimum Gasteiger partial charge on any atom is -0.497 e. The van der Waals surface area contributed by atoms with Crippen molar-refractivity contribution >= 4 is 0 Å². The molecule has 142 valence electrons. The third-order valence-electron chi connectivity index (χ3n) is 4.85. The summed E-state index contributed by atoms with van der Waals surface area (Å²) in [4.78, 5) is 4.70. The summed E-state index contributed by atoms with van der Waals surface area (Å²) in [5.41, 5.74) is 3.79. The van der Waals surface area contributed by atoms with Crippen molar-refractivity contribution in [2.24, 2.45) is 0 Å². The summed E-state index contributed by atoms with van der Waals surface area (Å²) in [5.74, 6) is 1.78. The minimum atomic E-state index is 0.0876. The van der Waals surface area contributed by atoms with Gasteiger partial charge in [-0.2, -0.15) is 5.26 Å². The van der Waals surface area contributed by atoms with Crippen molar-refractivity contribution in [2.75, 3.05) is 13.7 Å². The molecular formula is C22H22N4O2. The number of nitrogens with zero attached hydrogens (tertiary/aromatic N) is 3. The molecule has 0 unspecified atom stereocenters.